The fraction of sp³-hybridized carbons (Fsp3) is 0.375. The van der Waals surface area contributed by atoms with Crippen molar-refractivity contribution in [3.63, 3.8) is 0 Å². The molecule has 1 aromatic heterocycles. The van der Waals surface area contributed by atoms with Gasteiger partial charge in [0.15, 0.2) is 5.13 Å². The number of nitrogens with zero attached hydrogens (tertiary/aromatic N) is 1. The lowest BCUT2D eigenvalue weighted by Crippen LogP contribution is -2.27. The molecule has 0 saturated heterocycles. The second kappa shape index (κ2) is 8.36. The summed E-state index contributed by atoms with van der Waals surface area (Å²) in [6, 6.07) is 7.46. The highest BCUT2D eigenvalue weighted by Crippen LogP contribution is 2.22. The summed E-state index contributed by atoms with van der Waals surface area (Å²) in [5, 5.41) is 3.77. The van der Waals surface area contributed by atoms with Crippen molar-refractivity contribution in [3.05, 3.63) is 46.5 Å². The van der Waals surface area contributed by atoms with Crippen molar-refractivity contribution >= 4 is 32.3 Å². The SMILES string of the molecule is CCS(=O)(=O)NCCCNc1ncc(C(=O)c2ccccc2C)s1. The minimum atomic E-state index is -3.14. The maximum Gasteiger partial charge on any atom is 0.211 e. The lowest BCUT2D eigenvalue weighted by atomic mass is 10.0. The Balaban J connectivity index is 1.85. The Bertz CT molecular complexity index is 800. The number of carbonyl (C=O) groups is 1. The van der Waals surface area contributed by atoms with E-state index in [0.717, 1.165) is 5.56 Å². The van der Waals surface area contributed by atoms with Crippen LogP contribution < -0.4 is 10.0 Å². The monoisotopic (exact) mass is 367 g/mol. The van der Waals surface area contributed by atoms with Crippen molar-refractivity contribution < 1.29 is 13.2 Å². The van der Waals surface area contributed by atoms with Crippen molar-refractivity contribution in [2.75, 3.05) is 24.2 Å². The Morgan fingerprint density at radius 3 is 2.71 bits per heavy atom. The van der Waals surface area contributed by atoms with E-state index in [0.29, 0.717) is 35.1 Å². The molecule has 130 valence electrons. The summed E-state index contributed by atoms with van der Waals surface area (Å²) < 4.78 is 25.1. The molecule has 0 amide bonds. The molecule has 0 atom stereocenters. The minimum Gasteiger partial charge on any atom is -0.361 e. The summed E-state index contributed by atoms with van der Waals surface area (Å²) in [6.07, 6.45) is 2.21. The van der Waals surface area contributed by atoms with Gasteiger partial charge >= 0.3 is 0 Å². The van der Waals surface area contributed by atoms with Gasteiger partial charge in [-0.15, -0.1) is 0 Å². The number of carbonyl (C=O) groups excluding carboxylic acids is 1. The van der Waals surface area contributed by atoms with E-state index in [4.69, 9.17) is 0 Å². The molecule has 8 heteroatoms. The van der Waals surface area contributed by atoms with Crippen LogP contribution >= 0.6 is 11.3 Å². The van der Waals surface area contributed by atoms with E-state index in [1.807, 2.05) is 31.2 Å². The molecule has 6 nitrogen and oxygen atoms in total. The van der Waals surface area contributed by atoms with Crippen LogP contribution in [-0.2, 0) is 10.0 Å². The van der Waals surface area contributed by atoms with Gasteiger partial charge in [-0.3, -0.25) is 4.79 Å². The third-order valence-corrected chi connectivity index (χ3v) is 5.81. The molecule has 2 N–H and O–H groups in total. The molecule has 0 saturated carbocycles. The highest BCUT2D eigenvalue weighted by Gasteiger charge is 2.14. The van der Waals surface area contributed by atoms with Crippen molar-refractivity contribution in [1.29, 1.82) is 0 Å². The van der Waals surface area contributed by atoms with Crippen molar-refractivity contribution in [3.8, 4) is 0 Å². The smallest absolute Gasteiger partial charge is 0.211 e. The lowest BCUT2D eigenvalue weighted by Gasteiger charge is -2.05. The number of thiazole rings is 1. The number of anilines is 1. The van der Waals surface area contributed by atoms with Crippen molar-refractivity contribution in [2.45, 2.75) is 20.3 Å². The highest BCUT2D eigenvalue weighted by molar-refractivity contribution is 7.89. The van der Waals surface area contributed by atoms with Gasteiger partial charge in [-0.25, -0.2) is 18.1 Å². The molecular weight excluding hydrogens is 346 g/mol. The summed E-state index contributed by atoms with van der Waals surface area (Å²) in [7, 11) is -3.14. The van der Waals surface area contributed by atoms with Crippen LogP contribution in [0, 0.1) is 6.92 Å². The van der Waals surface area contributed by atoms with Crippen LogP contribution in [0.25, 0.3) is 0 Å². The summed E-state index contributed by atoms with van der Waals surface area (Å²) in [4.78, 5) is 17.3. The number of rotatable bonds is 9. The van der Waals surface area contributed by atoms with Gasteiger partial charge in [-0.05, 0) is 25.8 Å². The Hall–Kier alpha value is -1.77. The second-order valence-corrected chi connectivity index (χ2v) is 8.38. The Morgan fingerprint density at radius 1 is 1.25 bits per heavy atom. The number of hydrogen-bond donors (Lipinski definition) is 2. The third kappa shape index (κ3) is 5.12. The van der Waals surface area contributed by atoms with Crippen LogP contribution in [0.4, 0.5) is 5.13 Å². The Labute approximate surface area is 146 Å². The van der Waals surface area contributed by atoms with E-state index in [1.54, 1.807) is 13.1 Å². The molecule has 0 aliphatic rings. The lowest BCUT2D eigenvalue weighted by molar-refractivity contribution is 0.104. The normalized spacial score (nSPS) is 11.4. The van der Waals surface area contributed by atoms with Crippen LogP contribution in [0.3, 0.4) is 0 Å². The van der Waals surface area contributed by atoms with E-state index in [2.05, 4.69) is 15.0 Å². The predicted molar refractivity (Wildman–Crippen MR) is 97.3 cm³/mol. The first kappa shape index (κ1) is 18.6. The molecule has 0 unspecified atom stereocenters. The Morgan fingerprint density at radius 2 is 2.00 bits per heavy atom. The van der Waals surface area contributed by atoms with Crippen LogP contribution in [0.5, 0.6) is 0 Å². The van der Waals surface area contributed by atoms with Gasteiger partial charge in [0.1, 0.15) is 0 Å². The first-order chi connectivity index (χ1) is 11.4. The summed E-state index contributed by atoms with van der Waals surface area (Å²) in [5.74, 6) is 0.0476. The van der Waals surface area contributed by atoms with Gasteiger partial charge < -0.3 is 5.32 Å². The van der Waals surface area contributed by atoms with Crippen LogP contribution in [0.1, 0.15) is 34.1 Å². The maximum absolute atomic E-state index is 12.5. The van der Waals surface area contributed by atoms with Gasteiger partial charge in [-0.1, -0.05) is 35.6 Å². The third-order valence-electron chi connectivity index (χ3n) is 3.45. The van der Waals surface area contributed by atoms with Gasteiger partial charge in [0.25, 0.3) is 0 Å². The van der Waals surface area contributed by atoms with E-state index in [-0.39, 0.29) is 11.5 Å². The number of nitrogens with one attached hydrogen (secondary N) is 2. The van der Waals surface area contributed by atoms with Gasteiger partial charge in [0.05, 0.1) is 16.8 Å². The molecule has 24 heavy (non-hydrogen) atoms. The van der Waals surface area contributed by atoms with Crippen LogP contribution in [-0.4, -0.2) is 38.0 Å². The second-order valence-electron chi connectivity index (χ2n) is 5.25. The molecule has 1 aromatic carbocycles. The number of sulfonamides is 1. The number of aryl methyl sites for hydroxylation is 1. The molecule has 0 bridgehead atoms. The molecule has 0 aliphatic heterocycles. The molecule has 2 rings (SSSR count). The summed E-state index contributed by atoms with van der Waals surface area (Å²) in [6.45, 7) is 4.47. The number of aromatic nitrogens is 1. The minimum absolute atomic E-state index is 0.0330. The molecule has 2 aromatic rings. The first-order valence-electron chi connectivity index (χ1n) is 7.70. The number of benzene rings is 1. The number of ketones is 1. The number of hydrogen-bond acceptors (Lipinski definition) is 6. The zero-order valence-electron chi connectivity index (χ0n) is 13.7. The summed E-state index contributed by atoms with van der Waals surface area (Å²) in [5.41, 5.74) is 1.62. The van der Waals surface area contributed by atoms with Gasteiger partial charge in [0, 0.05) is 18.7 Å². The average molecular weight is 367 g/mol. The van der Waals surface area contributed by atoms with Gasteiger partial charge in [0.2, 0.25) is 15.8 Å². The average Bonchev–Trinajstić information content (AvgIpc) is 3.03. The van der Waals surface area contributed by atoms with E-state index in [9.17, 15) is 13.2 Å². The summed E-state index contributed by atoms with van der Waals surface area (Å²) >= 11 is 1.30. The van der Waals surface area contributed by atoms with E-state index < -0.39 is 10.0 Å². The standard InChI is InChI=1S/C16H21N3O3S2/c1-3-24(21,22)19-10-6-9-17-16-18-11-14(23-16)15(20)13-8-5-4-7-12(13)2/h4-5,7-8,11,19H,3,6,9-10H2,1-2H3,(H,17,18). The zero-order chi connectivity index (χ0) is 17.6. The van der Waals surface area contributed by atoms with Crippen LogP contribution in [0.15, 0.2) is 30.5 Å². The van der Waals surface area contributed by atoms with Crippen molar-refractivity contribution in [2.24, 2.45) is 0 Å². The molecule has 1 heterocycles. The quantitative estimate of drug-likeness (QED) is 0.525. The fourth-order valence-electron chi connectivity index (χ4n) is 2.03. The molecule has 0 radical (unpaired) electrons. The molecular formula is C16H21N3O3S2. The molecule has 0 fully saturated rings. The van der Waals surface area contributed by atoms with E-state index in [1.165, 1.54) is 11.3 Å². The Kier molecular flexibility index (Phi) is 6.47. The van der Waals surface area contributed by atoms with Gasteiger partial charge in [-0.2, -0.15) is 0 Å². The van der Waals surface area contributed by atoms with E-state index >= 15 is 0 Å². The first-order valence-corrected chi connectivity index (χ1v) is 10.2. The highest BCUT2D eigenvalue weighted by atomic mass is 32.2. The molecule has 0 spiro atoms. The fourth-order valence-corrected chi connectivity index (χ4v) is 3.49. The largest absolute Gasteiger partial charge is 0.361 e. The molecule has 0 aliphatic carbocycles. The predicted octanol–water partition coefficient (Wildman–Crippen LogP) is 2.42. The van der Waals surface area contributed by atoms with Crippen molar-refractivity contribution in [1.82, 2.24) is 9.71 Å². The topological polar surface area (TPSA) is 88.2 Å². The maximum atomic E-state index is 12.5. The van der Waals surface area contributed by atoms with Crippen LogP contribution in [0.2, 0.25) is 0 Å². The zero-order valence-corrected chi connectivity index (χ0v) is 15.3.